The van der Waals surface area contributed by atoms with E-state index in [2.05, 4.69) is 60.7 Å². The fourth-order valence-corrected chi connectivity index (χ4v) is 12.2. The Kier molecular flexibility index (Phi) is 6.62. The number of fused-ring (bicyclic) bond motifs is 7. The zero-order valence-corrected chi connectivity index (χ0v) is 27.4. The van der Waals surface area contributed by atoms with Crippen LogP contribution in [0.3, 0.4) is 0 Å². The van der Waals surface area contributed by atoms with Crippen LogP contribution in [0.15, 0.2) is 35.4 Å². The molecule has 224 valence electrons. The minimum absolute atomic E-state index is 0.0424. The number of carbonyl (C=O) groups excluding carboxylic acids is 2. The quantitative estimate of drug-likeness (QED) is 0.403. The van der Waals surface area contributed by atoms with Gasteiger partial charge in [-0.15, -0.1) is 0 Å². The zero-order valence-electron chi connectivity index (χ0n) is 27.4. The number of nitrogens with one attached hydrogen (secondary N) is 1. The van der Waals surface area contributed by atoms with Crippen LogP contribution in [0.2, 0.25) is 0 Å². The molecule has 3 nitrogen and oxygen atoms in total. The Morgan fingerprint density at radius 3 is 2.24 bits per heavy atom. The van der Waals surface area contributed by atoms with Crippen molar-refractivity contribution < 1.29 is 9.59 Å². The molecule has 1 aromatic rings. The van der Waals surface area contributed by atoms with Crippen LogP contribution < -0.4 is 5.32 Å². The molecular formula is C38H55NO2. The van der Waals surface area contributed by atoms with E-state index >= 15 is 0 Å². The first kappa shape index (κ1) is 29.2. The lowest BCUT2D eigenvalue weighted by Gasteiger charge is -2.72. The van der Waals surface area contributed by atoms with E-state index in [0.29, 0.717) is 29.5 Å². The van der Waals surface area contributed by atoms with E-state index in [1.807, 2.05) is 31.2 Å². The maximum Gasteiger partial charge on any atom is 0.251 e. The fourth-order valence-electron chi connectivity index (χ4n) is 12.2. The zero-order chi connectivity index (χ0) is 29.8. The van der Waals surface area contributed by atoms with Crippen LogP contribution in [0.1, 0.15) is 129 Å². The minimum Gasteiger partial charge on any atom is -0.349 e. The van der Waals surface area contributed by atoms with Gasteiger partial charge in [0.05, 0.1) is 0 Å². The molecule has 0 aliphatic heterocycles. The number of hydrogen-bond donors (Lipinski definition) is 1. The molecule has 0 aromatic heterocycles. The molecule has 0 radical (unpaired) electrons. The summed E-state index contributed by atoms with van der Waals surface area (Å²) in [6, 6.07) is 8.17. The predicted molar refractivity (Wildman–Crippen MR) is 168 cm³/mol. The number of carbonyl (C=O) groups is 2. The van der Waals surface area contributed by atoms with Crippen LogP contribution in [0.5, 0.6) is 0 Å². The third-order valence-corrected chi connectivity index (χ3v) is 14.5. The third kappa shape index (κ3) is 3.88. The molecule has 1 N–H and O–H groups in total. The summed E-state index contributed by atoms with van der Waals surface area (Å²) in [4.78, 5) is 26.8. The number of hydrogen-bond acceptors (Lipinski definition) is 2. The van der Waals surface area contributed by atoms with Gasteiger partial charge < -0.3 is 5.32 Å². The molecule has 4 saturated carbocycles. The lowest BCUT2D eigenvalue weighted by Crippen LogP contribution is -2.66. The summed E-state index contributed by atoms with van der Waals surface area (Å²) in [5.74, 6) is 2.68. The molecule has 1 amide bonds. The molecule has 3 heteroatoms. The second kappa shape index (κ2) is 9.30. The smallest absolute Gasteiger partial charge is 0.251 e. The largest absolute Gasteiger partial charge is 0.349 e. The topological polar surface area (TPSA) is 46.2 Å². The van der Waals surface area contributed by atoms with Gasteiger partial charge in [-0.3, -0.25) is 9.59 Å². The molecule has 1 aromatic carbocycles. The van der Waals surface area contributed by atoms with E-state index in [-0.39, 0.29) is 39.0 Å². The maximum absolute atomic E-state index is 13.4. The molecule has 0 spiro atoms. The van der Waals surface area contributed by atoms with Crippen molar-refractivity contribution in [2.24, 2.45) is 50.7 Å². The van der Waals surface area contributed by atoms with Crippen LogP contribution in [0.25, 0.3) is 0 Å². The molecule has 6 rings (SSSR count). The van der Waals surface area contributed by atoms with E-state index in [4.69, 9.17) is 0 Å². The van der Waals surface area contributed by atoms with Gasteiger partial charge in [-0.1, -0.05) is 79.2 Å². The van der Waals surface area contributed by atoms with Gasteiger partial charge >= 0.3 is 0 Å². The Labute approximate surface area is 249 Å². The summed E-state index contributed by atoms with van der Waals surface area (Å²) in [6.45, 7) is 21.8. The first-order valence-corrected chi connectivity index (χ1v) is 16.7. The van der Waals surface area contributed by atoms with Crippen molar-refractivity contribution >= 4 is 11.7 Å². The van der Waals surface area contributed by atoms with Gasteiger partial charge in [0, 0.05) is 18.0 Å². The van der Waals surface area contributed by atoms with Crippen LogP contribution in [-0.2, 0) is 4.79 Å². The number of benzene rings is 1. The van der Waals surface area contributed by atoms with E-state index in [1.54, 1.807) is 5.57 Å². The number of aryl methyl sites for hydroxylation is 1. The minimum atomic E-state index is 0.0424. The summed E-state index contributed by atoms with van der Waals surface area (Å²) in [7, 11) is 0. The van der Waals surface area contributed by atoms with Gasteiger partial charge in [-0.2, -0.15) is 0 Å². The van der Waals surface area contributed by atoms with Gasteiger partial charge in [0.25, 0.3) is 5.91 Å². The van der Waals surface area contributed by atoms with Crippen molar-refractivity contribution in [2.45, 2.75) is 126 Å². The van der Waals surface area contributed by atoms with Crippen LogP contribution in [-0.4, -0.2) is 17.7 Å². The highest BCUT2D eigenvalue weighted by Gasteiger charge is 2.69. The predicted octanol–water partition coefficient (Wildman–Crippen LogP) is 9.09. The lowest BCUT2D eigenvalue weighted by atomic mass is 9.33. The van der Waals surface area contributed by atoms with E-state index in [1.165, 1.54) is 44.1 Å². The van der Waals surface area contributed by atoms with E-state index in [0.717, 1.165) is 30.4 Å². The van der Waals surface area contributed by atoms with Crippen molar-refractivity contribution in [2.75, 3.05) is 0 Å². The van der Waals surface area contributed by atoms with Crippen molar-refractivity contribution in [3.8, 4) is 0 Å². The summed E-state index contributed by atoms with van der Waals surface area (Å²) >= 11 is 0. The summed E-state index contributed by atoms with van der Waals surface area (Å²) in [6.07, 6.45) is 10.4. The average molecular weight is 558 g/mol. The van der Waals surface area contributed by atoms with Crippen molar-refractivity contribution in [1.29, 1.82) is 0 Å². The Bertz CT molecular complexity index is 1300. The molecule has 5 aliphatic rings. The lowest BCUT2D eigenvalue weighted by molar-refractivity contribution is -0.215. The number of allylic oxidation sites excluding steroid dienone is 2. The second-order valence-electron chi connectivity index (χ2n) is 17.0. The van der Waals surface area contributed by atoms with Crippen LogP contribution in [0.4, 0.5) is 0 Å². The summed E-state index contributed by atoms with van der Waals surface area (Å²) < 4.78 is 0. The van der Waals surface area contributed by atoms with Gasteiger partial charge in [0.1, 0.15) is 0 Å². The highest BCUT2D eigenvalue weighted by atomic mass is 16.1. The first-order valence-electron chi connectivity index (χ1n) is 16.7. The first-order chi connectivity index (χ1) is 19.1. The standard InChI is InChI=1S/C38H55NO2/c1-23(2)31-27(40)22-35(6)20-21-37(8)26(32(31)35)14-15-29-36(7)18-17-30(34(4,5)28(36)16-19-38(29,37)9)39-33(41)25-13-11-10-12-24(25)3/h10-13,23,26,28-30H,14-22H2,1-9H3,(H,39,41)/t26-,28+,29-,30?,35+,36+,37-,38-/m1/s1. The SMILES string of the molecule is Cc1ccccc1C(=O)NC1CC[C@]2(C)[C@H]3CC[C@@H]4C5=C(C(C)C)C(=O)C[C@]5(C)CC[C@@]4(C)[C@]3(C)CC[C@H]2C1(C)C. The molecule has 0 heterocycles. The molecule has 1 unspecified atom stereocenters. The average Bonchev–Trinajstić information content (AvgIpc) is 3.16. The van der Waals surface area contributed by atoms with Gasteiger partial charge in [-0.25, -0.2) is 0 Å². The molecule has 4 fully saturated rings. The van der Waals surface area contributed by atoms with Gasteiger partial charge in [-0.05, 0) is 126 Å². The number of amides is 1. The highest BCUT2D eigenvalue weighted by Crippen LogP contribution is 2.76. The second-order valence-corrected chi connectivity index (χ2v) is 17.0. The summed E-state index contributed by atoms with van der Waals surface area (Å²) in [5.41, 5.74) is 5.56. The normalized spacial score (nSPS) is 43.2. The molecule has 41 heavy (non-hydrogen) atoms. The molecule has 8 atom stereocenters. The third-order valence-electron chi connectivity index (χ3n) is 14.5. The van der Waals surface area contributed by atoms with Crippen molar-refractivity contribution in [3.05, 3.63) is 46.5 Å². The van der Waals surface area contributed by atoms with Crippen molar-refractivity contribution in [1.82, 2.24) is 5.32 Å². The Morgan fingerprint density at radius 1 is 0.854 bits per heavy atom. The van der Waals surface area contributed by atoms with Gasteiger partial charge in [0.15, 0.2) is 5.78 Å². The van der Waals surface area contributed by atoms with Crippen LogP contribution in [0, 0.1) is 57.7 Å². The van der Waals surface area contributed by atoms with E-state index < -0.39 is 0 Å². The van der Waals surface area contributed by atoms with E-state index in [9.17, 15) is 9.59 Å². The maximum atomic E-state index is 13.4. The van der Waals surface area contributed by atoms with Crippen LogP contribution >= 0.6 is 0 Å². The van der Waals surface area contributed by atoms with Gasteiger partial charge in [0.2, 0.25) is 0 Å². The number of Topliss-reactive ketones (excluding diaryl/α,β-unsaturated/α-hetero) is 1. The van der Waals surface area contributed by atoms with Crippen molar-refractivity contribution in [3.63, 3.8) is 0 Å². The Balaban J connectivity index is 1.31. The fraction of sp³-hybridized carbons (Fsp3) is 0.737. The number of ketones is 1. The molecule has 0 saturated heterocycles. The summed E-state index contributed by atoms with van der Waals surface area (Å²) in [5, 5.41) is 3.52. The highest BCUT2D eigenvalue weighted by molar-refractivity contribution is 6.00. The number of rotatable bonds is 3. The molecular weight excluding hydrogens is 502 g/mol. The molecule has 0 bridgehead atoms. The monoisotopic (exact) mass is 557 g/mol. The Hall–Kier alpha value is -1.90. The Morgan fingerprint density at radius 2 is 1.56 bits per heavy atom. The molecule has 5 aliphatic carbocycles.